The quantitative estimate of drug-likeness (QED) is 0.926. The molecule has 1 aliphatic heterocycles. The molecule has 0 spiro atoms. The highest BCUT2D eigenvalue weighted by Gasteiger charge is 2.25. The minimum absolute atomic E-state index is 0.0554. The van der Waals surface area contributed by atoms with E-state index >= 15 is 0 Å². The van der Waals surface area contributed by atoms with Crippen molar-refractivity contribution in [2.75, 3.05) is 16.8 Å². The summed E-state index contributed by atoms with van der Waals surface area (Å²) in [6.45, 7) is 0. The van der Waals surface area contributed by atoms with E-state index < -0.39 is 9.84 Å². The van der Waals surface area contributed by atoms with Gasteiger partial charge in [-0.25, -0.2) is 8.42 Å². The van der Waals surface area contributed by atoms with E-state index in [9.17, 15) is 8.42 Å². The summed E-state index contributed by atoms with van der Waals surface area (Å²) in [5.41, 5.74) is 1.62. The first-order valence-electron chi connectivity index (χ1n) is 6.55. The summed E-state index contributed by atoms with van der Waals surface area (Å²) in [5.74, 6) is 0.481. The molecule has 0 bridgehead atoms. The lowest BCUT2D eigenvalue weighted by molar-refractivity contribution is 0.562. The zero-order valence-electron chi connectivity index (χ0n) is 10.8. The van der Waals surface area contributed by atoms with Gasteiger partial charge in [-0.1, -0.05) is 11.6 Å². The summed E-state index contributed by atoms with van der Waals surface area (Å²) >= 11 is 6.15. The molecular weight excluding hydrogens is 296 g/mol. The second-order valence-corrected chi connectivity index (χ2v) is 7.73. The molecule has 20 heavy (non-hydrogen) atoms. The molecule has 0 aliphatic carbocycles. The fourth-order valence-electron chi connectivity index (χ4n) is 2.61. The summed E-state index contributed by atoms with van der Waals surface area (Å²) in [5, 5.41) is 4.83. The Kier molecular flexibility index (Phi) is 3.56. The molecule has 1 fully saturated rings. The minimum atomic E-state index is -2.92. The number of aromatic nitrogens is 1. The van der Waals surface area contributed by atoms with E-state index in [-0.39, 0.29) is 11.8 Å². The zero-order chi connectivity index (χ0) is 14.2. The third kappa shape index (κ3) is 2.74. The van der Waals surface area contributed by atoms with Gasteiger partial charge in [0.2, 0.25) is 0 Å². The third-order valence-corrected chi connectivity index (χ3v) is 5.69. The van der Waals surface area contributed by atoms with Crippen LogP contribution in [0, 0.1) is 0 Å². The highest BCUT2D eigenvalue weighted by molar-refractivity contribution is 7.91. The minimum Gasteiger partial charge on any atom is -0.380 e. The molecular formula is C14H15ClN2O2S. The molecule has 1 aromatic heterocycles. The van der Waals surface area contributed by atoms with E-state index in [0.717, 1.165) is 23.0 Å². The molecule has 2 heterocycles. The smallest absolute Gasteiger partial charge is 0.152 e. The molecule has 0 radical (unpaired) electrons. The third-order valence-electron chi connectivity index (χ3n) is 3.54. The van der Waals surface area contributed by atoms with Crippen LogP contribution in [0.25, 0.3) is 10.9 Å². The van der Waals surface area contributed by atoms with Gasteiger partial charge in [0, 0.05) is 17.6 Å². The second-order valence-electron chi connectivity index (χ2n) is 5.09. The molecule has 2 aromatic rings. The molecule has 106 valence electrons. The number of nitrogens with one attached hydrogen (secondary N) is 1. The fraction of sp³-hybridized carbons (Fsp3) is 0.357. The van der Waals surface area contributed by atoms with Crippen LogP contribution in [0.15, 0.2) is 30.5 Å². The van der Waals surface area contributed by atoms with Gasteiger partial charge in [0.15, 0.2) is 9.84 Å². The van der Waals surface area contributed by atoms with Gasteiger partial charge >= 0.3 is 0 Å². The zero-order valence-corrected chi connectivity index (χ0v) is 12.4. The van der Waals surface area contributed by atoms with Crippen LogP contribution >= 0.6 is 11.6 Å². The fourth-order valence-corrected chi connectivity index (χ4v) is 4.46. The standard InChI is InChI=1S/C14H15ClN2O2S/c15-12-5-6-13(14-11(12)4-1-7-16-14)17-10-3-2-8-20(18,19)9-10/h1,4-7,10,17H,2-3,8-9H2. The largest absolute Gasteiger partial charge is 0.380 e. The number of benzene rings is 1. The Balaban J connectivity index is 1.93. The van der Waals surface area contributed by atoms with Crippen molar-refractivity contribution in [2.24, 2.45) is 0 Å². The van der Waals surface area contributed by atoms with Crippen LogP contribution in [0.1, 0.15) is 12.8 Å². The highest BCUT2D eigenvalue weighted by atomic mass is 35.5. The summed E-state index contributed by atoms with van der Waals surface area (Å²) in [6.07, 6.45) is 3.27. The summed E-state index contributed by atoms with van der Waals surface area (Å²) in [6, 6.07) is 7.36. The number of halogens is 1. The molecule has 0 amide bonds. The van der Waals surface area contributed by atoms with Crippen molar-refractivity contribution < 1.29 is 8.42 Å². The molecule has 6 heteroatoms. The molecule has 1 aliphatic rings. The maximum Gasteiger partial charge on any atom is 0.152 e. The van der Waals surface area contributed by atoms with E-state index in [2.05, 4.69) is 10.3 Å². The van der Waals surface area contributed by atoms with Crippen LogP contribution in [-0.2, 0) is 9.84 Å². The number of hydrogen-bond donors (Lipinski definition) is 1. The number of nitrogens with zero attached hydrogens (tertiary/aromatic N) is 1. The van der Waals surface area contributed by atoms with Gasteiger partial charge in [-0.3, -0.25) is 4.98 Å². The van der Waals surface area contributed by atoms with Crippen LogP contribution < -0.4 is 5.32 Å². The first-order chi connectivity index (χ1) is 9.55. The molecule has 1 aromatic carbocycles. The van der Waals surface area contributed by atoms with E-state index in [1.54, 1.807) is 6.20 Å². The molecule has 1 saturated heterocycles. The van der Waals surface area contributed by atoms with Crippen molar-refractivity contribution in [3.8, 4) is 0 Å². The van der Waals surface area contributed by atoms with Gasteiger partial charge in [-0.2, -0.15) is 0 Å². The monoisotopic (exact) mass is 310 g/mol. The average molecular weight is 311 g/mol. The van der Waals surface area contributed by atoms with Crippen molar-refractivity contribution in [2.45, 2.75) is 18.9 Å². The van der Waals surface area contributed by atoms with Crippen molar-refractivity contribution in [1.29, 1.82) is 0 Å². The maximum absolute atomic E-state index is 11.7. The summed E-state index contributed by atoms with van der Waals surface area (Å²) < 4.78 is 23.4. The number of hydrogen-bond acceptors (Lipinski definition) is 4. The Morgan fingerprint density at radius 2 is 2.15 bits per heavy atom. The predicted molar refractivity (Wildman–Crippen MR) is 82.1 cm³/mol. The lowest BCUT2D eigenvalue weighted by Gasteiger charge is -2.24. The van der Waals surface area contributed by atoms with E-state index in [1.807, 2.05) is 24.3 Å². The van der Waals surface area contributed by atoms with Crippen LogP contribution in [0.3, 0.4) is 0 Å². The maximum atomic E-state index is 11.7. The van der Waals surface area contributed by atoms with Crippen molar-refractivity contribution >= 4 is 38.0 Å². The molecule has 1 unspecified atom stereocenters. The number of rotatable bonds is 2. The van der Waals surface area contributed by atoms with Crippen LogP contribution in [0.5, 0.6) is 0 Å². The van der Waals surface area contributed by atoms with Gasteiger partial charge < -0.3 is 5.32 Å². The van der Waals surface area contributed by atoms with E-state index in [4.69, 9.17) is 11.6 Å². The van der Waals surface area contributed by atoms with Gasteiger partial charge in [-0.15, -0.1) is 0 Å². The van der Waals surface area contributed by atoms with Crippen LogP contribution in [-0.4, -0.2) is 30.9 Å². The second kappa shape index (κ2) is 5.22. The highest BCUT2D eigenvalue weighted by Crippen LogP contribution is 2.29. The normalized spacial score (nSPS) is 21.8. The Morgan fingerprint density at radius 3 is 2.95 bits per heavy atom. The van der Waals surface area contributed by atoms with Gasteiger partial charge in [0.1, 0.15) is 0 Å². The molecule has 4 nitrogen and oxygen atoms in total. The first kappa shape index (κ1) is 13.6. The SMILES string of the molecule is O=S1(=O)CCCC(Nc2ccc(Cl)c3cccnc23)C1. The Bertz CT molecular complexity index is 746. The van der Waals surface area contributed by atoms with Crippen LogP contribution in [0.2, 0.25) is 5.02 Å². The Labute approximate surface area is 123 Å². The number of sulfone groups is 1. The molecule has 1 atom stereocenters. The van der Waals surface area contributed by atoms with Gasteiger partial charge in [0.25, 0.3) is 0 Å². The lowest BCUT2D eigenvalue weighted by atomic mass is 10.1. The molecule has 3 rings (SSSR count). The summed E-state index contributed by atoms with van der Waals surface area (Å²) in [7, 11) is -2.92. The van der Waals surface area contributed by atoms with E-state index in [1.165, 1.54) is 0 Å². The van der Waals surface area contributed by atoms with E-state index in [0.29, 0.717) is 17.2 Å². The van der Waals surface area contributed by atoms with Crippen molar-refractivity contribution in [3.63, 3.8) is 0 Å². The lowest BCUT2D eigenvalue weighted by Crippen LogP contribution is -2.34. The van der Waals surface area contributed by atoms with Crippen molar-refractivity contribution in [1.82, 2.24) is 4.98 Å². The number of fused-ring (bicyclic) bond motifs is 1. The molecule has 0 saturated carbocycles. The van der Waals surface area contributed by atoms with Gasteiger partial charge in [0.05, 0.1) is 27.7 Å². The topological polar surface area (TPSA) is 59.1 Å². The molecule has 1 N–H and O–H groups in total. The number of anilines is 1. The average Bonchev–Trinajstić information content (AvgIpc) is 2.41. The first-order valence-corrected chi connectivity index (χ1v) is 8.75. The van der Waals surface area contributed by atoms with Gasteiger partial charge in [-0.05, 0) is 37.1 Å². The predicted octanol–water partition coefficient (Wildman–Crippen LogP) is 2.88. The van der Waals surface area contributed by atoms with Crippen molar-refractivity contribution in [3.05, 3.63) is 35.5 Å². The Hall–Kier alpha value is -1.33. The Morgan fingerprint density at radius 1 is 1.30 bits per heavy atom. The summed E-state index contributed by atoms with van der Waals surface area (Å²) in [4.78, 5) is 4.35. The number of pyridine rings is 1. The van der Waals surface area contributed by atoms with Crippen LogP contribution in [0.4, 0.5) is 5.69 Å².